The van der Waals surface area contributed by atoms with Gasteiger partial charge in [0, 0.05) is 36.7 Å². The van der Waals surface area contributed by atoms with Gasteiger partial charge in [0.1, 0.15) is 5.60 Å². The first-order valence-corrected chi connectivity index (χ1v) is 17.2. The minimum Gasteiger partial charge on any atom is -0.461 e. The molecule has 3 aromatic rings. The Balaban J connectivity index is 1.48. The second kappa shape index (κ2) is 14.1. The van der Waals surface area contributed by atoms with Gasteiger partial charge < -0.3 is 19.7 Å². The van der Waals surface area contributed by atoms with E-state index in [4.69, 9.17) is 9.47 Å². The molecule has 10 nitrogen and oxygen atoms in total. The number of carbonyl (C=O) groups excluding carboxylic acids is 2. The molecule has 1 saturated heterocycles. The van der Waals surface area contributed by atoms with Crippen molar-refractivity contribution < 1.29 is 27.5 Å². The van der Waals surface area contributed by atoms with Crippen molar-refractivity contribution in [1.29, 1.82) is 0 Å². The summed E-state index contributed by atoms with van der Waals surface area (Å²) < 4.78 is 38.8. The van der Waals surface area contributed by atoms with Crippen LogP contribution < -0.4 is 10.2 Å². The highest BCUT2D eigenvalue weighted by atomic mass is 32.2. The normalized spacial score (nSPS) is 14.7. The second-order valence-electron chi connectivity index (χ2n) is 11.7. The number of nitrogens with one attached hydrogen (secondary N) is 1. The number of alkyl carbamates (subject to hydrolysis) is 1. The van der Waals surface area contributed by atoms with Crippen LogP contribution in [0.1, 0.15) is 69.9 Å². The van der Waals surface area contributed by atoms with Crippen LogP contribution in [0.3, 0.4) is 0 Å². The number of sulfonamides is 1. The Kier molecular flexibility index (Phi) is 10.7. The summed E-state index contributed by atoms with van der Waals surface area (Å²) in [6, 6.07) is 12.9. The molecule has 2 aromatic carbocycles. The lowest BCUT2D eigenvalue weighted by Gasteiger charge is -2.32. The Morgan fingerprint density at radius 2 is 1.73 bits per heavy atom. The van der Waals surface area contributed by atoms with Crippen molar-refractivity contribution >= 4 is 44.2 Å². The zero-order chi connectivity index (χ0) is 32.1. The molecular weight excluding hydrogens is 601 g/mol. The number of amides is 1. The average molecular weight is 643 g/mol. The number of esters is 1. The SMILES string of the molecule is CCCN(c1nc(C(=O)OCC)cs1)c1cc(-c2ccc(S(=O)(=O)N3CCC(NC(=O)OC(C)(C)C)CC3)cc2)ccc1C. The van der Waals surface area contributed by atoms with Crippen LogP contribution in [-0.2, 0) is 19.5 Å². The van der Waals surface area contributed by atoms with Crippen LogP contribution in [0.5, 0.6) is 0 Å². The molecular formula is C32H42N4O6S2. The van der Waals surface area contributed by atoms with Gasteiger partial charge in [-0.2, -0.15) is 4.31 Å². The number of hydrogen-bond acceptors (Lipinski definition) is 9. The van der Waals surface area contributed by atoms with Gasteiger partial charge in [0.15, 0.2) is 10.8 Å². The molecule has 0 radical (unpaired) electrons. The van der Waals surface area contributed by atoms with Crippen LogP contribution in [0, 0.1) is 6.92 Å². The molecule has 4 rings (SSSR count). The van der Waals surface area contributed by atoms with Crippen LogP contribution in [-0.4, -0.2) is 67.7 Å². The molecule has 0 aliphatic carbocycles. The molecule has 0 spiro atoms. The van der Waals surface area contributed by atoms with Gasteiger partial charge in [-0.15, -0.1) is 11.3 Å². The van der Waals surface area contributed by atoms with Gasteiger partial charge in [-0.1, -0.05) is 31.2 Å². The van der Waals surface area contributed by atoms with Crippen molar-refractivity contribution in [3.8, 4) is 11.1 Å². The number of hydrogen-bond donors (Lipinski definition) is 1. The van der Waals surface area contributed by atoms with E-state index < -0.39 is 27.7 Å². The highest BCUT2D eigenvalue weighted by Gasteiger charge is 2.31. The van der Waals surface area contributed by atoms with E-state index in [1.54, 1.807) is 45.2 Å². The first-order chi connectivity index (χ1) is 20.8. The van der Waals surface area contributed by atoms with Crippen molar-refractivity contribution in [3.63, 3.8) is 0 Å². The number of piperidine rings is 1. The molecule has 0 bridgehead atoms. The van der Waals surface area contributed by atoms with Gasteiger partial charge in [-0.05, 0) is 88.8 Å². The largest absolute Gasteiger partial charge is 0.461 e. The van der Waals surface area contributed by atoms with Crippen LogP contribution in [0.25, 0.3) is 11.1 Å². The summed E-state index contributed by atoms with van der Waals surface area (Å²) >= 11 is 1.40. The van der Waals surface area contributed by atoms with E-state index in [1.807, 2.05) is 31.2 Å². The fourth-order valence-electron chi connectivity index (χ4n) is 4.99. The van der Waals surface area contributed by atoms with Crippen LogP contribution in [0.15, 0.2) is 52.7 Å². The van der Waals surface area contributed by atoms with E-state index in [9.17, 15) is 18.0 Å². The number of aryl methyl sites for hydroxylation is 1. The molecule has 12 heteroatoms. The molecule has 1 amide bonds. The number of benzene rings is 2. The van der Waals surface area contributed by atoms with Gasteiger partial charge in [-0.3, -0.25) is 0 Å². The first-order valence-electron chi connectivity index (χ1n) is 14.9. The van der Waals surface area contributed by atoms with E-state index in [-0.39, 0.29) is 17.5 Å². The Morgan fingerprint density at radius 3 is 2.34 bits per heavy atom. The number of rotatable bonds is 10. The van der Waals surface area contributed by atoms with Gasteiger partial charge in [0.05, 0.1) is 11.5 Å². The lowest BCUT2D eigenvalue weighted by atomic mass is 10.0. The van der Waals surface area contributed by atoms with Gasteiger partial charge in [0.2, 0.25) is 10.0 Å². The van der Waals surface area contributed by atoms with Gasteiger partial charge in [-0.25, -0.2) is 23.0 Å². The Morgan fingerprint density at radius 1 is 1.07 bits per heavy atom. The monoisotopic (exact) mass is 642 g/mol. The summed E-state index contributed by atoms with van der Waals surface area (Å²) in [4.78, 5) is 31.2. The maximum Gasteiger partial charge on any atom is 0.407 e. The number of ether oxygens (including phenoxy) is 2. The highest BCUT2D eigenvalue weighted by Crippen LogP contribution is 2.35. The van der Waals surface area contributed by atoms with Crippen molar-refractivity contribution in [3.05, 3.63) is 59.1 Å². The predicted molar refractivity (Wildman–Crippen MR) is 173 cm³/mol. The molecule has 2 heterocycles. The zero-order valence-electron chi connectivity index (χ0n) is 26.3. The number of thiazole rings is 1. The van der Waals surface area contributed by atoms with E-state index in [0.717, 1.165) is 28.8 Å². The lowest BCUT2D eigenvalue weighted by Crippen LogP contribution is -2.47. The summed E-state index contributed by atoms with van der Waals surface area (Å²) in [5.74, 6) is -0.436. The minimum atomic E-state index is -3.69. The summed E-state index contributed by atoms with van der Waals surface area (Å²) in [6.07, 6.45) is 1.41. The fraction of sp³-hybridized carbons (Fsp3) is 0.469. The average Bonchev–Trinajstić information content (AvgIpc) is 3.46. The molecule has 0 atom stereocenters. The number of carbonyl (C=O) groups is 2. The van der Waals surface area contributed by atoms with E-state index in [0.29, 0.717) is 43.3 Å². The molecule has 0 saturated carbocycles. The van der Waals surface area contributed by atoms with E-state index in [1.165, 1.54) is 15.6 Å². The predicted octanol–water partition coefficient (Wildman–Crippen LogP) is 6.52. The summed E-state index contributed by atoms with van der Waals surface area (Å²) in [5.41, 5.74) is 3.54. The second-order valence-corrected chi connectivity index (χ2v) is 14.5. The maximum atomic E-state index is 13.4. The summed E-state index contributed by atoms with van der Waals surface area (Å²) in [6.45, 7) is 12.9. The molecule has 1 aromatic heterocycles. The van der Waals surface area contributed by atoms with Gasteiger partial charge >= 0.3 is 12.1 Å². The molecule has 1 fully saturated rings. The lowest BCUT2D eigenvalue weighted by molar-refractivity contribution is 0.0486. The van der Waals surface area contributed by atoms with Crippen molar-refractivity contribution in [2.75, 3.05) is 31.1 Å². The molecule has 0 unspecified atom stereocenters. The summed E-state index contributed by atoms with van der Waals surface area (Å²) in [7, 11) is -3.69. The molecule has 44 heavy (non-hydrogen) atoms. The van der Waals surface area contributed by atoms with Crippen molar-refractivity contribution in [1.82, 2.24) is 14.6 Å². The quantitative estimate of drug-likeness (QED) is 0.248. The van der Waals surface area contributed by atoms with Crippen LogP contribution in [0.2, 0.25) is 0 Å². The smallest absolute Gasteiger partial charge is 0.407 e. The van der Waals surface area contributed by atoms with Gasteiger partial charge in [0.25, 0.3) is 0 Å². The summed E-state index contributed by atoms with van der Waals surface area (Å²) in [5, 5.41) is 5.28. The molecule has 1 aliphatic heterocycles. The third kappa shape index (κ3) is 8.16. The number of anilines is 2. The zero-order valence-corrected chi connectivity index (χ0v) is 27.9. The maximum absolute atomic E-state index is 13.4. The minimum absolute atomic E-state index is 0.136. The topological polar surface area (TPSA) is 118 Å². The standard InChI is InChI=1S/C32H42N4O6S2/c1-7-17-36(30-34-27(21-43-30)29(37)41-8-2)28-20-24(10-9-22(28)3)23-11-13-26(14-12-23)44(39,40)35-18-15-25(16-19-35)33-31(38)42-32(4,5)6/h9-14,20-21,25H,7-8,15-19H2,1-6H3,(H,33,38). The fourth-order valence-corrected chi connectivity index (χ4v) is 7.30. The third-order valence-electron chi connectivity index (χ3n) is 7.15. The van der Waals surface area contributed by atoms with Crippen molar-refractivity contribution in [2.45, 2.75) is 77.3 Å². The Bertz CT molecular complexity index is 1560. The number of aromatic nitrogens is 1. The Hall–Kier alpha value is -3.48. The Labute approximate surface area is 264 Å². The van der Waals surface area contributed by atoms with E-state index in [2.05, 4.69) is 28.2 Å². The van der Waals surface area contributed by atoms with E-state index >= 15 is 0 Å². The molecule has 1 aliphatic rings. The molecule has 1 N–H and O–H groups in total. The van der Waals surface area contributed by atoms with Crippen LogP contribution >= 0.6 is 11.3 Å². The highest BCUT2D eigenvalue weighted by molar-refractivity contribution is 7.89. The van der Waals surface area contributed by atoms with Crippen LogP contribution in [0.4, 0.5) is 15.6 Å². The molecule has 238 valence electrons. The number of nitrogens with zero attached hydrogens (tertiary/aromatic N) is 3. The third-order valence-corrected chi connectivity index (χ3v) is 9.93. The first kappa shape index (κ1) is 33.4. The van der Waals surface area contributed by atoms with Crippen molar-refractivity contribution in [2.24, 2.45) is 0 Å².